The highest BCUT2D eigenvalue weighted by molar-refractivity contribution is 9.10. The SMILES string of the molecule is COc1ccc(C(N)=S)c(Oc2cncc(Br)c2)c1. The predicted octanol–water partition coefficient (Wildman–Crippen LogP) is 3.28. The van der Waals surface area contributed by atoms with Crippen LogP contribution >= 0.6 is 28.1 Å². The van der Waals surface area contributed by atoms with E-state index in [1.54, 1.807) is 43.8 Å². The summed E-state index contributed by atoms with van der Waals surface area (Å²) in [5, 5.41) is 0. The molecule has 0 saturated carbocycles. The molecule has 1 aromatic heterocycles. The standard InChI is InChI=1S/C13H11BrN2O2S/c1-17-9-2-3-11(13(15)19)12(5-9)18-10-4-8(14)6-16-7-10/h2-7H,1H3,(H2,15,19). The Bertz CT molecular complexity index is 619. The van der Waals surface area contributed by atoms with Crippen molar-refractivity contribution in [3.63, 3.8) is 0 Å². The van der Waals surface area contributed by atoms with Gasteiger partial charge in [0.2, 0.25) is 0 Å². The fourth-order valence-corrected chi connectivity index (χ4v) is 2.01. The highest BCUT2D eigenvalue weighted by atomic mass is 79.9. The molecule has 0 aliphatic rings. The molecule has 6 heteroatoms. The van der Waals surface area contributed by atoms with E-state index in [-0.39, 0.29) is 4.99 Å². The van der Waals surface area contributed by atoms with E-state index in [9.17, 15) is 0 Å². The summed E-state index contributed by atoms with van der Waals surface area (Å²) in [6, 6.07) is 7.08. The van der Waals surface area contributed by atoms with Crippen LogP contribution < -0.4 is 15.2 Å². The highest BCUT2D eigenvalue weighted by Crippen LogP contribution is 2.30. The third-order valence-corrected chi connectivity index (χ3v) is 3.02. The van der Waals surface area contributed by atoms with E-state index < -0.39 is 0 Å². The molecule has 98 valence electrons. The molecular weight excluding hydrogens is 328 g/mol. The average molecular weight is 339 g/mol. The van der Waals surface area contributed by atoms with Crippen molar-refractivity contribution in [2.75, 3.05) is 7.11 Å². The lowest BCUT2D eigenvalue weighted by Gasteiger charge is -2.11. The number of rotatable bonds is 4. The molecule has 4 nitrogen and oxygen atoms in total. The summed E-state index contributed by atoms with van der Waals surface area (Å²) in [4.78, 5) is 4.29. The number of ether oxygens (including phenoxy) is 2. The summed E-state index contributed by atoms with van der Waals surface area (Å²) in [5.41, 5.74) is 6.32. The molecule has 1 aromatic carbocycles. The van der Waals surface area contributed by atoms with E-state index >= 15 is 0 Å². The molecule has 0 unspecified atom stereocenters. The second-order valence-corrected chi connectivity index (χ2v) is 5.02. The van der Waals surface area contributed by atoms with E-state index in [0.717, 1.165) is 4.47 Å². The molecule has 0 radical (unpaired) electrons. The monoisotopic (exact) mass is 338 g/mol. The first-order chi connectivity index (χ1) is 9.10. The molecule has 0 amide bonds. The lowest BCUT2D eigenvalue weighted by molar-refractivity contribution is 0.408. The second kappa shape index (κ2) is 5.99. The number of halogens is 1. The topological polar surface area (TPSA) is 57.4 Å². The van der Waals surface area contributed by atoms with Crippen LogP contribution in [0.3, 0.4) is 0 Å². The number of methoxy groups -OCH3 is 1. The molecule has 0 bridgehead atoms. The Labute approximate surface area is 124 Å². The maximum atomic E-state index is 5.75. The Morgan fingerprint density at radius 3 is 2.68 bits per heavy atom. The van der Waals surface area contributed by atoms with E-state index in [2.05, 4.69) is 20.9 Å². The zero-order valence-corrected chi connectivity index (χ0v) is 12.5. The van der Waals surface area contributed by atoms with Crippen molar-refractivity contribution in [2.45, 2.75) is 0 Å². The summed E-state index contributed by atoms with van der Waals surface area (Å²) in [6.07, 6.45) is 3.28. The molecule has 0 spiro atoms. The number of hydrogen-bond acceptors (Lipinski definition) is 4. The molecule has 2 aromatic rings. The first kappa shape index (κ1) is 13.8. The van der Waals surface area contributed by atoms with E-state index in [1.807, 2.05) is 0 Å². The summed E-state index contributed by atoms with van der Waals surface area (Å²) in [6.45, 7) is 0. The molecule has 1 heterocycles. The first-order valence-corrected chi connectivity index (χ1v) is 6.56. The van der Waals surface area contributed by atoms with Gasteiger partial charge in [0.05, 0.1) is 18.9 Å². The van der Waals surface area contributed by atoms with Gasteiger partial charge in [-0.25, -0.2) is 0 Å². The van der Waals surface area contributed by atoms with Gasteiger partial charge in [0, 0.05) is 16.7 Å². The van der Waals surface area contributed by atoms with Crippen molar-refractivity contribution >= 4 is 33.1 Å². The molecule has 19 heavy (non-hydrogen) atoms. The van der Waals surface area contributed by atoms with Gasteiger partial charge in [0.25, 0.3) is 0 Å². The Morgan fingerprint density at radius 1 is 1.26 bits per heavy atom. The minimum atomic E-state index is 0.264. The molecule has 0 aliphatic carbocycles. The maximum absolute atomic E-state index is 5.75. The molecule has 2 N–H and O–H groups in total. The zero-order valence-electron chi connectivity index (χ0n) is 10.1. The summed E-state index contributed by atoms with van der Waals surface area (Å²) < 4.78 is 11.7. The van der Waals surface area contributed by atoms with Crippen LogP contribution in [0.15, 0.2) is 41.1 Å². The number of thiocarbonyl (C=S) groups is 1. The van der Waals surface area contributed by atoms with Crippen molar-refractivity contribution in [1.82, 2.24) is 4.98 Å². The summed E-state index contributed by atoms with van der Waals surface area (Å²) in [5.74, 6) is 1.78. The third kappa shape index (κ3) is 3.42. The van der Waals surface area contributed by atoms with Crippen molar-refractivity contribution in [3.05, 3.63) is 46.7 Å². The minimum Gasteiger partial charge on any atom is -0.497 e. The van der Waals surface area contributed by atoms with Gasteiger partial charge in [-0.3, -0.25) is 4.98 Å². The normalized spacial score (nSPS) is 10.0. The van der Waals surface area contributed by atoms with Gasteiger partial charge in [-0.1, -0.05) is 12.2 Å². The van der Waals surface area contributed by atoms with Gasteiger partial charge >= 0.3 is 0 Å². The van der Waals surface area contributed by atoms with Crippen molar-refractivity contribution < 1.29 is 9.47 Å². The Balaban J connectivity index is 2.39. The summed E-state index contributed by atoms with van der Waals surface area (Å²) >= 11 is 8.34. The highest BCUT2D eigenvalue weighted by Gasteiger charge is 2.10. The quantitative estimate of drug-likeness (QED) is 0.867. The van der Waals surface area contributed by atoms with Crippen LogP contribution in [0, 0.1) is 0 Å². The van der Waals surface area contributed by atoms with Crippen molar-refractivity contribution in [3.8, 4) is 17.2 Å². The van der Waals surface area contributed by atoms with Crippen LogP contribution in [0.5, 0.6) is 17.2 Å². The zero-order chi connectivity index (χ0) is 13.8. The number of nitrogens with zero attached hydrogens (tertiary/aromatic N) is 1. The Hall–Kier alpha value is -1.66. The molecule has 0 fully saturated rings. The van der Waals surface area contributed by atoms with Gasteiger partial charge in [-0.05, 0) is 34.1 Å². The smallest absolute Gasteiger partial charge is 0.146 e. The molecule has 2 rings (SSSR count). The number of nitrogens with two attached hydrogens (primary N) is 1. The molecule has 0 atom stereocenters. The Kier molecular flexibility index (Phi) is 4.34. The largest absolute Gasteiger partial charge is 0.497 e. The average Bonchev–Trinajstić information content (AvgIpc) is 2.38. The predicted molar refractivity (Wildman–Crippen MR) is 80.9 cm³/mol. The number of benzene rings is 1. The summed E-state index contributed by atoms with van der Waals surface area (Å²) in [7, 11) is 1.58. The number of hydrogen-bond donors (Lipinski definition) is 1. The molecule has 0 saturated heterocycles. The number of aromatic nitrogens is 1. The van der Waals surface area contributed by atoms with Crippen LogP contribution in [0.2, 0.25) is 0 Å². The lowest BCUT2D eigenvalue weighted by atomic mass is 10.2. The van der Waals surface area contributed by atoms with Crippen LogP contribution in [0.4, 0.5) is 0 Å². The molecule has 0 aliphatic heterocycles. The first-order valence-electron chi connectivity index (χ1n) is 5.36. The van der Waals surface area contributed by atoms with Crippen molar-refractivity contribution in [1.29, 1.82) is 0 Å². The van der Waals surface area contributed by atoms with Crippen LogP contribution in [-0.2, 0) is 0 Å². The van der Waals surface area contributed by atoms with Gasteiger partial charge in [-0.15, -0.1) is 0 Å². The fraction of sp³-hybridized carbons (Fsp3) is 0.0769. The fourth-order valence-electron chi connectivity index (χ4n) is 1.49. The minimum absolute atomic E-state index is 0.264. The van der Waals surface area contributed by atoms with E-state index in [1.165, 1.54) is 0 Å². The van der Waals surface area contributed by atoms with Gasteiger partial charge in [0.1, 0.15) is 22.2 Å². The van der Waals surface area contributed by atoms with Gasteiger partial charge in [-0.2, -0.15) is 0 Å². The Morgan fingerprint density at radius 2 is 2.05 bits per heavy atom. The lowest BCUT2D eigenvalue weighted by Crippen LogP contribution is -2.10. The van der Waals surface area contributed by atoms with Crippen LogP contribution in [0.25, 0.3) is 0 Å². The second-order valence-electron chi connectivity index (χ2n) is 3.67. The van der Waals surface area contributed by atoms with Gasteiger partial charge in [0.15, 0.2) is 0 Å². The van der Waals surface area contributed by atoms with Crippen LogP contribution in [-0.4, -0.2) is 17.1 Å². The molecular formula is C13H11BrN2O2S. The number of pyridine rings is 1. The van der Waals surface area contributed by atoms with E-state index in [4.69, 9.17) is 27.4 Å². The van der Waals surface area contributed by atoms with Crippen LogP contribution in [0.1, 0.15) is 5.56 Å². The van der Waals surface area contributed by atoms with E-state index in [0.29, 0.717) is 22.8 Å². The van der Waals surface area contributed by atoms with Crippen molar-refractivity contribution in [2.24, 2.45) is 5.73 Å². The maximum Gasteiger partial charge on any atom is 0.146 e. The third-order valence-electron chi connectivity index (χ3n) is 2.36. The van der Waals surface area contributed by atoms with Gasteiger partial charge < -0.3 is 15.2 Å².